The molecule has 3 rings (SSSR count). The fourth-order valence-electron chi connectivity index (χ4n) is 2.50. The van der Waals surface area contributed by atoms with E-state index < -0.39 is 10.0 Å². The molecule has 2 heterocycles. The molecule has 0 aliphatic carbocycles. The largest absolute Gasteiger partial charge is 0.279 e. The van der Waals surface area contributed by atoms with E-state index in [4.69, 9.17) is 0 Å². The summed E-state index contributed by atoms with van der Waals surface area (Å²) in [5, 5.41) is 4.44. The summed E-state index contributed by atoms with van der Waals surface area (Å²) >= 11 is 1.26. The van der Waals surface area contributed by atoms with Gasteiger partial charge in [0.25, 0.3) is 10.0 Å². The zero-order chi connectivity index (χ0) is 17.3. The lowest BCUT2D eigenvalue weighted by molar-refractivity contribution is 0.603. The van der Waals surface area contributed by atoms with Crippen molar-refractivity contribution in [1.82, 2.24) is 9.78 Å². The Morgan fingerprint density at radius 1 is 1.12 bits per heavy atom. The Morgan fingerprint density at radius 3 is 2.54 bits per heavy atom. The van der Waals surface area contributed by atoms with Gasteiger partial charge in [-0.05, 0) is 56.7 Å². The van der Waals surface area contributed by atoms with Gasteiger partial charge in [0.2, 0.25) is 0 Å². The van der Waals surface area contributed by atoms with Crippen molar-refractivity contribution in [3.8, 4) is 0 Å². The predicted octanol–water partition coefficient (Wildman–Crippen LogP) is 3.72. The molecular formula is C17H19N3O2S2. The number of benzene rings is 1. The lowest BCUT2D eigenvalue weighted by atomic mass is 10.2. The summed E-state index contributed by atoms with van der Waals surface area (Å²) < 4.78 is 29.7. The van der Waals surface area contributed by atoms with Crippen LogP contribution in [-0.4, -0.2) is 18.2 Å². The molecule has 0 atom stereocenters. The minimum atomic E-state index is -3.54. The molecule has 0 amide bonds. The van der Waals surface area contributed by atoms with E-state index in [2.05, 4.69) is 9.82 Å². The van der Waals surface area contributed by atoms with Crippen molar-refractivity contribution in [3.63, 3.8) is 0 Å². The van der Waals surface area contributed by atoms with Gasteiger partial charge in [0.1, 0.15) is 4.21 Å². The van der Waals surface area contributed by atoms with Crippen LogP contribution < -0.4 is 4.72 Å². The molecule has 5 nitrogen and oxygen atoms in total. The first-order valence-electron chi connectivity index (χ1n) is 7.53. The number of rotatable bonds is 5. The summed E-state index contributed by atoms with van der Waals surface area (Å²) in [5.74, 6) is 0. The predicted molar refractivity (Wildman–Crippen MR) is 97.1 cm³/mol. The van der Waals surface area contributed by atoms with Gasteiger partial charge in [-0.2, -0.15) is 5.10 Å². The molecule has 0 saturated heterocycles. The average Bonchev–Trinajstić information content (AvgIpc) is 3.06. The molecule has 0 fully saturated rings. The summed E-state index contributed by atoms with van der Waals surface area (Å²) in [5.41, 5.74) is 3.59. The van der Waals surface area contributed by atoms with Gasteiger partial charge >= 0.3 is 0 Å². The third kappa shape index (κ3) is 3.68. The third-order valence-corrected chi connectivity index (χ3v) is 6.47. The summed E-state index contributed by atoms with van der Waals surface area (Å²) in [7, 11) is -3.54. The van der Waals surface area contributed by atoms with Crippen LogP contribution in [0.3, 0.4) is 0 Å². The first-order chi connectivity index (χ1) is 11.3. The number of hydrogen-bond acceptors (Lipinski definition) is 4. The highest BCUT2D eigenvalue weighted by molar-refractivity contribution is 7.94. The molecule has 2 aromatic heterocycles. The van der Waals surface area contributed by atoms with Gasteiger partial charge in [-0.3, -0.25) is 9.40 Å². The summed E-state index contributed by atoms with van der Waals surface area (Å²) in [6.07, 6.45) is 0. The molecule has 0 unspecified atom stereocenters. The van der Waals surface area contributed by atoms with Crippen LogP contribution in [0.1, 0.15) is 21.8 Å². The minimum Gasteiger partial charge on any atom is -0.279 e. The number of nitrogens with zero attached hydrogens (tertiary/aromatic N) is 2. The SMILES string of the molecule is Cc1cc(C)n(Cc2cccc(NS(=O)(=O)c3ccc(C)s3)c2)n1. The fourth-order valence-corrected chi connectivity index (χ4v) is 4.84. The van der Waals surface area contributed by atoms with E-state index in [0.717, 1.165) is 21.8 Å². The molecule has 0 aliphatic rings. The van der Waals surface area contributed by atoms with Gasteiger partial charge in [0, 0.05) is 16.3 Å². The Bertz CT molecular complexity index is 971. The van der Waals surface area contributed by atoms with Crippen molar-refractivity contribution >= 4 is 27.0 Å². The van der Waals surface area contributed by atoms with Gasteiger partial charge < -0.3 is 0 Å². The van der Waals surface area contributed by atoms with Crippen molar-refractivity contribution in [3.05, 3.63) is 64.3 Å². The highest BCUT2D eigenvalue weighted by atomic mass is 32.2. The van der Waals surface area contributed by atoms with Crippen LogP contribution in [0.2, 0.25) is 0 Å². The molecule has 3 aromatic rings. The van der Waals surface area contributed by atoms with Crippen LogP contribution in [0.15, 0.2) is 46.7 Å². The topological polar surface area (TPSA) is 64.0 Å². The Morgan fingerprint density at radius 2 is 1.92 bits per heavy atom. The third-order valence-electron chi connectivity index (χ3n) is 3.60. The number of aromatic nitrogens is 2. The van der Waals surface area contributed by atoms with Crippen LogP contribution in [-0.2, 0) is 16.6 Å². The molecule has 126 valence electrons. The summed E-state index contributed by atoms with van der Waals surface area (Å²) in [6.45, 7) is 6.45. The maximum Gasteiger partial charge on any atom is 0.271 e. The van der Waals surface area contributed by atoms with Crippen LogP contribution in [0.4, 0.5) is 5.69 Å². The van der Waals surface area contributed by atoms with Crippen LogP contribution in [0.5, 0.6) is 0 Å². The number of anilines is 1. The normalized spacial score (nSPS) is 11.6. The zero-order valence-corrected chi connectivity index (χ0v) is 15.4. The minimum absolute atomic E-state index is 0.323. The van der Waals surface area contributed by atoms with Gasteiger partial charge in [0.15, 0.2) is 0 Å². The van der Waals surface area contributed by atoms with Gasteiger partial charge in [-0.25, -0.2) is 8.42 Å². The standard InChI is InChI=1S/C17H19N3O2S2/c1-12-9-13(2)20(18-12)11-15-5-4-6-16(10-15)19-24(21,22)17-8-7-14(3)23-17/h4-10,19H,11H2,1-3H3. The molecule has 1 N–H and O–H groups in total. The summed E-state index contributed by atoms with van der Waals surface area (Å²) in [6, 6.07) is 12.9. The quantitative estimate of drug-likeness (QED) is 0.753. The second-order valence-electron chi connectivity index (χ2n) is 5.76. The molecule has 0 radical (unpaired) electrons. The maximum absolute atomic E-state index is 12.4. The lowest BCUT2D eigenvalue weighted by Crippen LogP contribution is -2.12. The van der Waals surface area contributed by atoms with Gasteiger partial charge in [-0.15, -0.1) is 11.3 Å². The van der Waals surface area contributed by atoms with E-state index in [0.29, 0.717) is 16.4 Å². The number of hydrogen-bond donors (Lipinski definition) is 1. The average molecular weight is 361 g/mol. The molecular weight excluding hydrogens is 342 g/mol. The van der Waals surface area contributed by atoms with E-state index in [1.165, 1.54) is 11.3 Å². The monoisotopic (exact) mass is 361 g/mol. The van der Waals surface area contributed by atoms with Crippen molar-refractivity contribution in [1.29, 1.82) is 0 Å². The Labute approximate surface area is 146 Å². The highest BCUT2D eigenvalue weighted by Crippen LogP contribution is 2.24. The van der Waals surface area contributed by atoms with Gasteiger partial charge in [0.05, 0.1) is 12.2 Å². The van der Waals surface area contributed by atoms with Crippen molar-refractivity contribution in [2.45, 2.75) is 31.5 Å². The fraction of sp³-hybridized carbons (Fsp3) is 0.235. The molecule has 0 aliphatic heterocycles. The first-order valence-corrected chi connectivity index (χ1v) is 9.83. The van der Waals surface area contributed by atoms with E-state index in [-0.39, 0.29) is 0 Å². The number of sulfonamides is 1. The van der Waals surface area contributed by atoms with Crippen LogP contribution >= 0.6 is 11.3 Å². The first kappa shape index (κ1) is 16.7. The number of aryl methyl sites for hydroxylation is 3. The number of nitrogens with one attached hydrogen (secondary N) is 1. The van der Waals surface area contributed by atoms with Crippen molar-refractivity contribution in [2.75, 3.05) is 4.72 Å². The molecule has 0 bridgehead atoms. The second-order valence-corrected chi connectivity index (χ2v) is 8.95. The van der Waals surface area contributed by atoms with Gasteiger partial charge in [-0.1, -0.05) is 12.1 Å². The molecule has 24 heavy (non-hydrogen) atoms. The molecule has 7 heteroatoms. The molecule has 0 saturated carbocycles. The van der Waals surface area contributed by atoms with E-state index in [1.807, 2.05) is 49.7 Å². The van der Waals surface area contributed by atoms with Crippen molar-refractivity contribution < 1.29 is 8.42 Å². The Kier molecular flexibility index (Phi) is 4.47. The van der Waals surface area contributed by atoms with E-state index >= 15 is 0 Å². The smallest absolute Gasteiger partial charge is 0.271 e. The second kappa shape index (κ2) is 6.41. The number of thiophene rings is 1. The Hall–Kier alpha value is -2.12. The van der Waals surface area contributed by atoms with Crippen molar-refractivity contribution in [2.24, 2.45) is 0 Å². The summed E-state index contributed by atoms with van der Waals surface area (Å²) in [4.78, 5) is 0.966. The highest BCUT2D eigenvalue weighted by Gasteiger charge is 2.16. The lowest BCUT2D eigenvalue weighted by Gasteiger charge is -2.09. The van der Waals surface area contributed by atoms with Crippen LogP contribution in [0, 0.1) is 20.8 Å². The molecule has 0 spiro atoms. The van der Waals surface area contributed by atoms with Crippen LogP contribution in [0.25, 0.3) is 0 Å². The Balaban J connectivity index is 1.82. The maximum atomic E-state index is 12.4. The zero-order valence-electron chi connectivity index (χ0n) is 13.8. The van der Waals surface area contributed by atoms with E-state index in [1.54, 1.807) is 18.2 Å². The molecule has 1 aromatic carbocycles. The van der Waals surface area contributed by atoms with E-state index in [9.17, 15) is 8.42 Å².